The van der Waals surface area contributed by atoms with Gasteiger partial charge in [-0.3, -0.25) is 14.5 Å². The summed E-state index contributed by atoms with van der Waals surface area (Å²) < 4.78 is 72.2. The maximum Gasteiger partial charge on any atom is 0.416 e. The van der Waals surface area contributed by atoms with E-state index >= 15 is 4.39 Å². The summed E-state index contributed by atoms with van der Waals surface area (Å²) >= 11 is 0. The SMILES string of the molecule is COC(=O)C1=C(N)N(c2cccc(C(F)(F)F)c2)C2=C(C(=O)[C@H](C(=O)OC)[C@H](c3ccc(OC)cc3)C2)[C@@H]1c1ccccc1F. The van der Waals surface area contributed by atoms with Crippen molar-refractivity contribution in [1.29, 1.82) is 0 Å². The quantitative estimate of drug-likeness (QED) is 0.215. The Kier molecular flexibility index (Phi) is 8.42. The molecule has 3 aromatic carbocycles. The van der Waals surface area contributed by atoms with Gasteiger partial charge >= 0.3 is 18.1 Å². The number of nitrogens with two attached hydrogens (primary N) is 1. The van der Waals surface area contributed by atoms with Gasteiger partial charge in [-0.2, -0.15) is 13.2 Å². The van der Waals surface area contributed by atoms with Gasteiger partial charge in [-0.05, 0) is 48.4 Å². The minimum Gasteiger partial charge on any atom is -0.497 e. The Labute approximate surface area is 255 Å². The Morgan fingerprint density at radius 2 is 1.62 bits per heavy atom. The van der Waals surface area contributed by atoms with Crippen molar-refractivity contribution in [1.82, 2.24) is 0 Å². The van der Waals surface area contributed by atoms with Crippen LogP contribution in [0.1, 0.15) is 34.9 Å². The number of Topliss-reactive ketones (excluding diaryl/α,β-unsaturated/α-hetero) is 1. The lowest BCUT2D eigenvalue weighted by Gasteiger charge is -2.44. The summed E-state index contributed by atoms with van der Waals surface area (Å²) in [6, 6.07) is 16.2. The van der Waals surface area contributed by atoms with Crippen LogP contribution in [0.3, 0.4) is 0 Å². The van der Waals surface area contributed by atoms with Crippen molar-refractivity contribution in [2.75, 3.05) is 26.2 Å². The molecule has 0 radical (unpaired) electrons. The molecule has 3 atom stereocenters. The molecule has 3 aromatic rings. The molecule has 0 aromatic heterocycles. The van der Waals surface area contributed by atoms with Crippen molar-refractivity contribution in [3.05, 3.63) is 118 Å². The first-order valence-corrected chi connectivity index (χ1v) is 13.7. The number of allylic oxidation sites excluding steroid dienone is 2. The Morgan fingerprint density at radius 3 is 2.22 bits per heavy atom. The van der Waals surface area contributed by atoms with Gasteiger partial charge in [-0.15, -0.1) is 0 Å². The number of methoxy groups -OCH3 is 3. The average molecular weight is 625 g/mol. The van der Waals surface area contributed by atoms with E-state index in [9.17, 15) is 27.6 Å². The summed E-state index contributed by atoms with van der Waals surface area (Å²) in [6.45, 7) is 0. The first-order chi connectivity index (χ1) is 21.4. The zero-order chi connectivity index (χ0) is 32.6. The van der Waals surface area contributed by atoms with E-state index in [1.807, 2.05) is 0 Å². The van der Waals surface area contributed by atoms with Crippen LogP contribution in [0.2, 0.25) is 0 Å². The number of nitrogens with zero attached hydrogens (tertiary/aromatic N) is 1. The number of carbonyl (C=O) groups excluding carboxylic acids is 3. The van der Waals surface area contributed by atoms with E-state index in [1.165, 1.54) is 36.3 Å². The van der Waals surface area contributed by atoms with Gasteiger partial charge in [0.15, 0.2) is 5.78 Å². The number of hydrogen-bond donors (Lipinski definition) is 1. The van der Waals surface area contributed by atoms with Crippen LogP contribution >= 0.6 is 0 Å². The van der Waals surface area contributed by atoms with Crippen molar-refractivity contribution in [3.63, 3.8) is 0 Å². The summed E-state index contributed by atoms with van der Waals surface area (Å²) in [5.41, 5.74) is 5.44. The van der Waals surface area contributed by atoms with Gasteiger partial charge in [0.1, 0.15) is 23.3 Å². The molecule has 1 aliphatic heterocycles. The first-order valence-electron chi connectivity index (χ1n) is 13.7. The molecule has 0 fully saturated rings. The lowest BCUT2D eigenvalue weighted by Crippen LogP contribution is -2.46. The van der Waals surface area contributed by atoms with Gasteiger partial charge in [0.05, 0.1) is 38.4 Å². The summed E-state index contributed by atoms with van der Waals surface area (Å²) in [7, 11) is 3.64. The lowest BCUT2D eigenvalue weighted by molar-refractivity contribution is -0.150. The number of hydrogen-bond acceptors (Lipinski definition) is 8. The Balaban J connectivity index is 1.84. The number of halogens is 4. The smallest absolute Gasteiger partial charge is 0.416 e. The van der Waals surface area contributed by atoms with E-state index in [0.29, 0.717) is 11.3 Å². The summed E-state index contributed by atoms with van der Waals surface area (Å²) in [5, 5.41) is 0. The fraction of sp³-hybridized carbons (Fsp3) is 0.242. The fourth-order valence-electron chi connectivity index (χ4n) is 6.04. The molecule has 0 spiro atoms. The van der Waals surface area contributed by atoms with Crippen molar-refractivity contribution in [2.24, 2.45) is 11.7 Å². The number of ketones is 1. The molecule has 0 unspecified atom stereocenters. The van der Waals surface area contributed by atoms with Crippen LogP contribution in [0.4, 0.5) is 23.2 Å². The number of anilines is 1. The Morgan fingerprint density at radius 1 is 0.933 bits per heavy atom. The zero-order valence-corrected chi connectivity index (χ0v) is 24.4. The maximum atomic E-state index is 15.5. The highest BCUT2D eigenvalue weighted by molar-refractivity contribution is 6.14. The van der Waals surface area contributed by atoms with Gasteiger partial charge < -0.3 is 19.9 Å². The number of carbonyl (C=O) groups is 3. The first kappa shape index (κ1) is 31.3. The molecule has 0 saturated carbocycles. The van der Waals surface area contributed by atoms with Gasteiger partial charge in [0, 0.05) is 28.4 Å². The van der Waals surface area contributed by atoms with E-state index in [4.69, 9.17) is 19.9 Å². The summed E-state index contributed by atoms with van der Waals surface area (Å²) in [5.74, 6) is -7.13. The largest absolute Gasteiger partial charge is 0.497 e. The minimum atomic E-state index is -4.73. The minimum absolute atomic E-state index is 0.0960. The van der Waals surface area contributed by atoms with E-state index in [2.05, 4.69) is 0 Å². The number of ether oxygens (including phenoxy) is 3. The molecule has 0 amide bonds. The van der Waals surface area contributed by atoms with Crippen LogP contribution in [0.5, 0.6) is 5.75 Å². The monoisotopic (exact) mass is 624 g/mol. The molecule has 8 nitrogen and oxygen atoms in total. The van der Waals surface area contributed by atoms with Crippen molar-refractivity contribution in [3.8, 4) is 5.75 Å². The third kappa shape index (κ3) is 5.52. The highest BCUT2D eigenvalue weighted by Gasteiger charge is 2.52. The van der Waals surface area contributed by atoms with E-state index in [0.717, 1.165) is 38.5 Å². The molecular formula is C33H28F4N2O6. The molecule has 45 heavy (non-hydrogen) atoms. The fourth-order valence-corrected chi connectivity index (χ4v) is 6.04. The summed E-state index contributed by atoms with van der Waals surface area (Å²) in [4.78, 5) is 42.4. The molecule has 2 aliphatic rings. The van der Waals surface area contributed by atoms with Crippen molar-refractivity contribution in [2.45, 2.75) is 24.4 Å². The third-order valence-corrected chi connectivity index (χ3v) is 8.09. The molecule has 0 bridgehead atoms. The van der Waals surface area contributed by atoms with E-state index in [-0.39, 0.29) is 40.3 Å². The van der Waals surface area contributed by atoms with Crippen LogP contribution in [-0.4, -0.2) is 39.1 Å². The standard InChI is InChI=1S/C33H28F4N2O6/c1-43-20-13-11-17(12-14-20)22-16-24-27(29(40)26(22)31(41)44-2)25(21-9-4-5-10-23(21)34)28(32(42)45-3)30(38)39(24)19-8-6-7-18(15-19)33(35,36)37/h4-15,22,25-26H,16,38H2,1-3H3/t22-,25-,26+/m0/s1. The Bertz CT molecular complexity index is 1730. The van der Waals surface area contributed by atoms with E-state index < -0.39 is 53.0 Å². The van der Waals surface area contributed by atoms with Gasteiger partial charge in [0.2, 0.25) is 0 Å². The second-order valence-electron chi connectivity index (χ2n) is 10.4. The van der Waals surface area contributed by atoms with Crippen molar-refractivity contribution < 1.29 is 46.2 Å². The second-order valence-corrected chi connectivity index (χ2v) is 10.4. The molecular weight excluding hydrogens is 596 g/mol. The second kappa shape index (κ2) is 12.1. The number of rotatable bonds is 6. The third-order valence-electron chi connectivity index (χ3n) is 8.09. The van der Waals surface area contributed by atoms with Crippen LogP contribution < -0.4 is 15.4 Å². The number of benzene rings is 3. The molecule has 1 aliphatic carbocycles. The van der Waals surface area contributed by atoms with Gasteiger partial charge in [-0.25, -0.2) is 9.18 Å². The molecule has 5 rings (SSSR count). The van der Waals surface area contributed by atoms with Crippen molar-refractivity contribution >= 4 is 23.4 Å². The predicted octanol–water partition coefficient (Wildman–Crippen LogP) is 5.60. The van der Waals surface area contributed by atoms with Crippen LogP contribution in [-0.2, 0) is 30.0 Å². The maximum absolute atomic E-state index is 15.5. The van der Waals surface area contributed by atoms with Crippen LogP contribution in [0.25, 0.3) is 0 Å². The molecule has 0 saturated heterocycles. The lowest BCUT2D eigenvalue weighted by atomic mass is 9.67. The number of alkyl halides is 3. The molecule has 234 valence electrons. The molecule has 12 heteroatoms. The normalized spacial score (nSPS) is 20.1. The highest BCUT2D eigenvalue weighted by Crippen LogP contribution is 2.52. The Hall–Kier alpha value is -5.13. The molecule has 1 heterocycles. The average Bonchev–Trinajstić information content (AvgIpc) is 3.03. The highest BCUT2D eigenvalue weighted by atomic mass is 19.4. The van der Waals surface area contributed by atoms with Gasteiger partial charge in [0.25, 0.3) is 0 Å². The summed E-state index contributed by atoms with van der Waals surface area (Å²) in [6.07, 6.45) is -4.85. The topological polar surface area (TPSA) is 108 Å². The van der Waals surface area contributed by atoms with Crippen LogP contribution in [0.15, 0.2) is 95.5 Å². The van der Waals surface area contributed by atoms with E-state index in [1.54, 1.807) is 24.3 Å². The van der Waals surface area contributed by atoms with Gasteiger partial charge in [-0.1, -0.05) is 36.4 Å². The zero-order valence-electron chi connectivity index (χ0n) is 24.4. The predicted molar refractivity (Wildman–Crippen MR) is 154 cm³/mol. The molecule has 2 N–H and O–H groups in total. The number of esters is 2. The van der Waals surface area contributed by atoms with Crippen LogP contribution in [0, 0.1) is 11.7 Å².